The van der Waals surface area contributed by atoms with Crippen LogP contribution in [0, 0.1) is 0 Å². The molecule has 0 bridgehead atoms. The van der Waals surface area contributed by atoms with Crippen LogP contribution in [-0.4, -0.2) is 21.1 Å². The first-order valence-corrected chi connectivity index (χ1v) is 10.6. The molecule has 0 fully saturated rings. The molecule has 0 aliphatic rings. The highest BCUT2D eigenvalue weighted by molar-refractivity contribution is 9.10. The zero-order valence-electron chi connectivity index (χ0n) is 14.8. The van der Waals surface area contributed by atoms with Gasteiger partial charge >= 0.3 is 0 Å². The molecule has 29 heavy (non-hydrogen) atoms. The zero-order chi connectivity index (χ0) is 20.4. The predicted molar refractivity (Wildman–Crippen MR) is 125 cm³/mol. The molecule has 0 spiro atoms. The molecule has 8 heteroatoms. The van der Waals surface area contributed by atoms with E-state index in [9.17, 15) is 9.90 Å². The molecule has 0 radical (unpaired) electrons. The van der Waals surface area contributed by atoms with Gasteiger partial charge in [-0.3, -0.25) is 10.1 Å². The number of hydrogen-bond acceptors (Lipinski definition) is 5. The van der Waals surface area contributed by atoms with Crippen LogP contribution < -0.4 is 10.6 Å². The first-order valence-electron chi connectivity index (χ1n) is 8.57. The summed E-state index contributed by atoms with van der Waals surface area (Å²) < 4.78 is 1.72. The van der Waals surface area contributed by atoms with E-state index in [1.165, 1.54) is 11.3 Å². The molecule has 0 saturated heterocycles. The minimum Gasteiger partial charge on any atom is -0.507 e. The van der Waals surface area contributed by atoms with E-state index in [0.717, 1.165) is 10.2 Å². The standard InChI is InChI=1S/C21H14BrN3O2S2/c22-15-6-2-1-5-13(15)19(27)25-21(28)23-12-9-10-17(26)14(11-12)20-24-16-7-3-4-8-18(16)29-20/h1-11,26H,(H2,23,25,27,28). The van der Waals surface area contributed by atoms with Crippen molar-refractivity contribution in [1.29, 1.82) is 0 Å². The smallest absolute Gasteiger partial charge is 0.258 e. The molecule has 3 N–H and O–H groups in total. The zero-order valence-corrected chi connectivity index (χ0v) is 18.1. The van der Waals surface area contributed by atoms with E-state index in [1.54, 1.807) is 36.4 Å². The number of benzene rings is 3. The first-order chi connectivity index (χ1) is 14.0. The van der Waals surface area contributed by atoms with E-state index < -0.39 is 0 Å². The van der Waals surface area contributed by atoms with Crippen molar-refractivity contribution in [1.82, 2.24) is 10.3 Å². The van der Waals surface area contributed by atoms with Crippen LogP contribution in [0.2, 0.25) is 0 Å². The van der Waals surface area contributed by atoms with Crippen molar-refractivity contribution in [3.8, 4) is 16.3 Å². The highest BCUT2D eigenvalue weighted by Crippen LogP contribution is 2.36. The van der Waals surface area contributed by atoms with Crippen LogP contribution in [0.15, 0.2) is 71.2 Å². The number of thiazole rings is 1. The number of rotatable bonds is 3. The molecule has 0 aliphatic heterocycles. The molecule has 4 rings (SSSR count). The highest BCUT2D eigenvalue weighted by Gasteiger charge is 2.14. The normalized spacial score (nSPS) is 10.7. The van der Waals surface area contributed by atoms with Crippen molar-refractivity contribution >= 4 is 66.4 Å². The Bertz CT molecular complexity index is 1210. The van der Waals surface area contributed by atoms with Gasteiger partial charge in [-0.15, -0.1) is 11.3 Å². The maximum absolute atomic E-state index is 12.4. The lowest BCUT2D eigenvalue weighted by molar-refractivity contribution is 0.0977. The monoisotopic (exact) mass is 483 g/mol. The van der Waals surface area contributed by atoms with Crippen molar-refractivity contribution in [2.75, 3.05) is 5.32 Å². The van der Waals surface area contributed by atoms with Gasteiger partial charge in [-0.1, -0.05) is 24.3 Å². The second-order valence-corrected chi connectivity index (χ2v) is 8.40. The van der Waals surface area contributed by atoms with Gasteiger partial charge in [-0.2, -0.15) is 0 Å². The number of phenolic OH excluding ortho intramolecular Hbond substituents is 1. The van der Waals surface area contributed by atoms with Gasteiger partial charge in [0.2, 0.25) is 0 Å². The molecule has 4 aromatic rings. The van der Waals surface area contributed by atoms with Gasteiger partial charge in [-0.25, -0.2) is 4.98 Å². The minimum absolute atomic E-state index is 0.123. The van der Waals surface area contributed by atoms with Crippen LogP contribution in [0.3, 0.4) is 0 Å². The quantitative estimate of drug-likeness (QED) is 0.262. The van der Waals surface area contributed by atoms with Gasteiger partial charge in [0.15, 0.2) is 5.11 Å². The number of hydrogen-bond donors (Lipinski definition) is 3. The molecule has 0 unspecified atom stereocenters. The van der Waals surface area contributed by atoms with Gasteiger partial charge in [0.05, 0.1) is 21.3 Å². The van der Waals surface area contributed by atoms with Gasteiger partial charge < -0.3 is 10.4 Å². The number of amides is 1. The number of aromatic hydroxyl groups is 1. The summed E-state index contributed by atoms with van der Waals surface area (Å²) in [5.74, 6) is -0.196. The SMILES string of the molecule is O=C(NC(=S)Nc1ccc(O)c(-c2nc3ccccc3s2)c1)c1ccccc1Br. The number of halogens is 1. The van der Waals surface area contributed by atoms with E-state index >= 15 is 0 Å². The molecule has 0 saturated carbocycles. The second kappa shape index (κ2) is 8.28. The Morgan fingerprint density at radius 3 is 2.62 bits per heavy atom. The van der Waals surface area contributed by atoms with Crippen LogP contribution in [0.1, 0.15) is 10.4 Å². The Morgan fingerprint density at radius 1 is 1.07 bits per heavy atom. The summed E-state index contributed by atoms with van der Waals surface area (Å²) in [5.41, 5.74) is 2.59. The van der Waals surface area contributed by atoms with Crippen LogP contribution in [-0.2, 0) is 0 Å². The summed E-state index contributed by atoms with van der Waals surface area (Å²) in [6.45, 7) is 0. The van der Waals surface area contributed by atoms with Crippen molar-refractivity contribution in [2.45, 2.75) is 0 Å². The molecule has 5 nitrogen and oxygen atoms in total. The maximum atomic E-state index is 12.4. The third-order valence-electron chi connectivity index (χ3n) is 4.12. The number of carbonyl (C=O) groups excluding carboxylic acids is 1. The molecular weight excluding hydrogens is 470 g/mol. The van der Waals surface area contributed by atoms with E-state index in [2.05, 4.69) is 31.5 Å². The number of phenols is 1. The number of anilines is 1. The third-order valence-corrected chi connectivity index (χ3v) is 6.09. The number of thiocarbonyl (C=S) groups is 1. The molecule has 1 amide bonds. The largest absolute Gasteiger partial charge is 0.507 e. The highest BCUT2D eigenvalue weighted by atomic mass is 79.9. The number of nitrogens with zero attached hydrogens (tertiary/aromatic N) is 1. The Morgan fingerprint density at radius 2 is 1.83 bits per heavy atom. The number of aromatic nitrogens is 1. The van der Waals surface area contributed by atoms with E-state index in [1.807, 2.05) is 30.3 Å². The Kier molecular flexibility index (Phi) is 5.57. The number of para-hydroxylation sites is 1. The van der Waals surface area contributed by atoms with E-state index in [0.29, 0.717) is 26.3 Å². The Balaban J connectivity index is 1.53. The van der Waals surface area contributed by atoms with Gasteiger partial charge in [0.25, 0.3) is 5.91 Å². The molecule has 1 heterocycles. The lowest BCUT2D eigenvalue weighted by atomic mass is 10.2. The lowest BCUT2D eigenvalue weighted by Gasteiger charge is -2.11. The number of nitrogens with one attached hydrogen (secondary N) is 2. The van der Waals surface area contributed by atoms with Gasteiger partial charge in [0.1, 0.15) is 10.8 Å². The summed E-state index contributed by atoms with van der Waals surface area (Å²) in [7, 11) is 0. The van der Waals surface area contributed by atoms with Crippen LogP contribution >= 0.6 is 39.5 Å². The second-order valence-electron chi connectivity index (χ2n) is 6.11. The van der Waals surface area contributed by atoms with E-state index in [-0.39, 0.29) is 16.8 Å². The predicted octanol–water partition coefficient (Wildman–Crippen LogP) is 5.56. The topological polar surface area (TPSA) is 74.2 Å². The van der Waals surface area contributed by atoms with Crippen LogP contribution in [0.4, 0.5) is 5.69 Å². The van der Waals surface area contributed by atoms with Crippen molar-refractivity contribution in [3.05, 3.63) is 76.8 Å². The Hall–Kier alpha value is -2.81. The third kappa shape index (κ3) is 4.29. The fourth-order valence-corrected chi connectivity index (χ4v) is 4.42. The first kappa shape index (κ1) is 19.5. The van der Waals surface area contributed by atoms with Crippen LogP contribution in [0.5, 0.6) is 5.75 Å². The molecule has 0 aliphatic carbocycles. The van der Waals surface area contributed by atoms with Crippen molar-refractivity contribution < 1.29 is 9.90 Å². The van der Waals surface area contributed by atoms with Crippen LogP contribution in [0.25, 0.3) is 20.8 Å². The molecule has 144 valence electrons. The number of fused-ring (bicyclic) bond motifs is 1. The maximum Gasteiger partial charge on any atom is 0.258 e. The molecule has 1 aromatic heterocycles. The lowest BCUT2D eigenvalue weighted by Crippen LogP contribution is -2.34. The van der Waals surface area contributed by atoms with Gasteiger partial charge in [-0.05, 0) is 70.6 Å². The number of carbonyl (C=O) groups is 1. The Labute approximate surface area is 184 Å². The average molecular weight is 484 g/mol. The average Bonchev–Trinajstić information content (AvgIpc) is 3.13. The summed E-state index contributed by atoms with van der Waals surface area (Å²) in [5, 5.41) is 16.8. The molecule has 0 atom stereocenters. The van der Waals surface area contributed by atoms with E-state index in [4.69, 9.17) is 12.2 Å². The fourth-order valence-electron chi connectivity index (χ4n) is 2.75. The minimum atomic E-state index is -0.319. The summed E-state index contributed by atoms with van der Waals surface area (Å²) >= 11 is 10.1. The summed E-state index contributed by atoms with van der Waals surface area (Å²) in [6.07, 6.45) is 0. The summed E-state index contributed by atoms with van der Waals surface area (Å²) in [4.78, 5) is 17.0. The molecular formula is C21H14BrN3O2S2. The summed E-state index contributed by atoms with van der Waals surface area (Å²) in [6, 6.07) is 19.9. The van der Waals surface area contributed by atoms with Crippen molar-refractivity contribution in [3.63, 3.8) is 0 Å². The fraction of sp³-hybridized carbons (Fsp3) is 0. The molecule has 3 aromatic carbocycles. The van der Waals surface area contributed by atoms with Gasteiger partial charge in [0, 0.05) is 10.2 Å². The van der Waals surface area contributed by atoms with Crippen molar-refractivity contribution in [2.24, 2.45) is 0 Å².